The van der Waals surface area contributed by atoms with Crippen LogP contribution in [0, 0.1) is 11.3 Å². The van der Waals surface area contributed by atoms with Gasteiger partial charge in [0, 0.05) is 68.6 Å². The molecule has 3 amide bonds. The average molecular weight is 813 g/mol. The van der Waals surface area contributed by atoms with Gasteiger partial charge in [-0.3, -0.25) is 29.2 Å². The van der Waals surface area contributed by atoms with Gasteiger partial charge in [-0.25, -0.2) is 5.43 Å². The molecular formula is C47H68N6O6. The number of nitrogens with zero attached hydrogens (tertiary/aromatic N) is 4. The van der Waals surface area contributed by atoms with Crippen molar-refractivity contribution in [3.05, 3.63) is 88.9 Å². The highest BCUT2D eigenvalue weighted by Crippen LogP contribution is 2.40. The summed E-state index contributed by atoms with van der Waals surface area (Å²) in [5, 5.41) is 4.61. The minimum absolute atomic E-state index is 0.148. The Morgan fingerprint density at radius 2 is 1.83 bits per heavy atom. The van der Waals surface area contributed by atoms with Crippen LogP contribution in [0.3, 0.4) is 0 Å². The molecule has 12 nitrogen and oxygen atoms in total. The number of hydrazine groups is 1. The molecule has 0 saturated carbocycles. The van der Waals surface area contributed by atoms with E-state index in [1.807, 2.05) is 58.9 Å². The summed E-state index contributed by atoms with van der Waals surface area (Å²) in [5.74, 6) is -0.712. The molecule has 2 aromatic heterocycles. The lowest BCUT2D eigenvalue weighted by Crippen LogP contribution is -2.58. The molecule has 3 heterocycles. The number of methoxy groups -OCH3 is 1. The number of carbonyl (C=O) groups is 4. The second-order valence-corrected chi connectivity index (χ2v) is 15.9. The highest BCUT2D eigenvalue weighted by Gasteiger charge is 2.33. The molecule has 1 aliphatic heterocycles. The lowest BCUT2D eigenvalue weighted by molar-refractivity contribution is -0.142. The summed E-state index contributed by atoms with van der Waals surface area (Å²) in [4.78, 5) is 56.4. The fraction of sp³-hybridized carbons (Fsp3) is 0.511. The number of amides is 3. The van der Waals surface area contributed by atoms with E-state index < -0.39 is 12.1 Å². The zero-order valence-corrected chi connectivity index (χ0v) is 37.0. The number of allylic oxidation sites excluding steroid dienone is 1. The maximum Gasteiger partial charge on any atom is 0.293 e. The summed E-state index contributed by atoms with van der Waals surface area (Å²) >= 11 is 0. The van der Waals surface area contributed by atoms with E-state index in [0.29, 0.717) is 51.8 Å². The Bertz CT molecular complexity index is 1880. The lowest BCUT2D eigenvalue weighted by Gasteiger charge is -2.33. The molecule has 4 rings (SSSR count). The van der Waals surface area contributed by atoms with E-state index in [-0.39, 0.29) is 35.9 Å². The Morgan fingerprint density at radius 1 is 1.10 bits per heavy atom. The molecule has 59 heavy (non-hydrogen) atoms. The van der Waals surface area contributed by atoms with E-state index in [1.54, 1.807) is 25.4 Å². The molecule has 0 bridgehead atoms. The van der Waals surface area contributed by atoms with E-state index in [2.05, 4.69) is 73.0 Å². The van der Waals surface area contributed by atoms with Crippen molar-refractivity contribution in [3.63, 3.8) is 0 Å². The smallest absolute Gasteiger partial charge is 0.293 e. The Hall–Kier alpha value is -5.07. The molecule has 0 aliphatic carbocycles. The average Bonchev–Trinajstić information content (AvgIpc) is 3.53. The first-order chi connectivity index (χ1) is 28.3. The van der Waals surface area contributed by atoms with Crippen LogP contribution in [0.2, 0.25) is 0 Å². The first kappa shape index (κ1) is 48.3. The van der Waals surface area contributed by atoms with Crippen molar-refractivity contribution in [2.45, 2.75) is 112 Å². The Labute approximate surface area is 352 Å². The van der Waals surface area contributed by atoms with Crippen LogP contribution in [0.5, 0.6) is 0 Å². The fourth-order valence-corrected chi connectivity index (χ4v) is 7.75. The quantitative estimate of drug-likeness (QED) is 0.108. The Kier molecular flexibility index (Phi) is 19.2. The normalized spacial score (nSPS) is 14.5. The molecule has 322 valence electrons. The van der Waals surface area contributed by atoms with Crippen molar-refractivity contribution >= 4 is 36.8 Å². The number of carbonyl (C=O) groups excluding carboxylic acids is 4. The predicted octanol–water partition coefficient (Wildman–Crippen LogP) is 7.21. The number of hydrogen-bond donors (Lipinski definition) is 2. The monoisotopic (exact) mass is 813 g/mol. The molecule has 3 unspecified atom stereocenters. The number of nitrogens with one attached hydrogen (secondary N) is 2. The third kappa shape index (κ3) is 12.7. The molecule has 0 spiro atoms. The van der Waals surface area contributed by atoms with Crippen LogP contribution in [0.25, 0.3) is 23.4 Å². The van der Waals surface area contributed by atoms with E-state index in [0.717, 1.165) is 57.7 Å². The number of benzene rings is 1. The molecule has 1 saturated heterocycles. The van der Waals surface area contributed by atoms with Crippen molar-refractivity contribution < 1.29 is 28.7 Å². The van der Waals surface area contributed by atoms with Crippen LogP contribution in [0.15, 0.2) is 55.3 Å². The molecule has 2 N–H and O–H groups in total. The molecule has 1 fully saturated rings. The fourth-order valence-electron chi connectivity index (χ4n) is 7.75. The van der Waals surface area contributed by atoms with Gasteiger partial charge in [0.05, 0.1) is 24.1 Å². The second-order valence-electron chi connectivity index (χ2n) is 15.9. The first-order valence-corrected chi connectivity index (χ1v) is 21.0. The highest BCUT2D eigenvalue weighted by molar-refractivity contribution is 5.91. The molecule has 0 radical (unpaired) electrons. The number of likely N-dealkylation sites (N-methyl/N-ethyl adjacent to an activating group) is 1. The number of aromatic nitrogens is 2. The third-order valence-corrected chi connectivity index (χ3v) is 10.6. The van der Waals surface area contributed by atoms with Crippen molar-refractivity contribution in [2.75, 3.05) is 33.9 Å². The Morgan fingerprint density at radius 3 is 2.44 bits per heavy atom. The Balaban J connectivity index is 0.00000458. The van der Waals surface area contributed by atoms with Crippen molar-refractivity contribution in [1.29, 1.82) is 0 Å². The van der Waals surface area contributed by atoms with Crippen LogP contribution < -0.4 is 10.7 Å². The maximum absolute atomic E-state index is 13.9. The summed E-state index contributed by atoms with van der Waals surface area (Å²) in [5.41, 5.74) is 10.7. The number of pyridine rings is 1. The van der Waals surface area contributed by atoms with E-state index in [1.165, 1.54) is 4.90 Å². The van der Waals surface area contributed by atoms with E-state index in [4.69, 9.17) is 14.5 Å². The molecule has 3 atom stereocenters. The third-order valence-electron chi connectivity index (χ3n) is 10.6. The molecular weight excluding hydrogens is 745 g/mol. The molecule has 1 aromatic carbocycles. The van der Waals surface area contributed by atoms with Crippen LogP contribution in [0.1, 0.15) is 108 Å². The van der Waals surface area contributed by atoms with Gasteiger partial charge >= 0.3 is 0 Å². The summed E-state index contributed by atoms with van der Waals surface area (Å²) in [6.07, 6.45) is 11.7. The van der Waals surface area contributed by atoms with Gasteiger partial charge < -0.3 is 24.3 Å². The summed E-state index contributed by atoms with van der Waals surface area (Å²) in [7, 11) is 3.26. The zero-order chi connectivity index (χ0) is 43.7. The van der Waals surface area contributed by atoms with Gasteiger partial charge in [-0.2, -0.15) is 0 Å². The summed E-state index contributed by atoms with van der Waals surface area (Å²) in [6, 6.07) is 10.6. The van der Waals surface area contributed by atoms with Crippen molar-refractivity contribution in [2.24, 2.45) is 11.3 Å². The van der Waals surface area contributed by atoms with Crippen LogP contribution in [0.4, 0.5) is 0 Å². The topological polar surface area (TPSA) is 135 Å². The molecule has 3 aromatic rings. The van der Waals surface area contributed by atoms with Crippen LogP contribution in [-0.2, 0) is 54.5 Å². The van der Waals surface area contributed by atoms with Gasteiger partial charge in [0.2, 0.25) is 12.3 Å². The summed E-state index contributed by atoms with van der Waals surface area (Å²) < 4.78 is 13.3. The zero-order valence-electron chi connectivity index (χ0n) is 37.0. The van der Waals surface area contributed by atoms with Gasteiger partial charge in [0.1, 0.15) is 12.1 Å². The first-order valence-electron chi connectivity index (χ1n) is 21.0. The van der Waals surface area contributed by atoms with Crippen molar-refractivity contribution in [1.82, 2.24) is 30.2 Å². The largest absolute Gasteiger partial charge is 0.467 e. The SMILES string of the molecule is C=Cc1c(CC(C)(C)COC=O)c(-c2cccnc2C(C)OC)n(CC)c1/C=C\Cc1cccc(CC(NC(=O)C(C(C)C)N(C)C=O)C(=O)N2CCCCN2)c1.CC. The highest BCUT2D eigenvalue weighted by atomic mass is 16.5. The van der Waals surface area contributed by atoms with Gasteiger partial charge in [0.25, 0.3) is 12.4 Å². The van der Waals surface area contributed by atoms with Gasteiger partial charge in [-0.15, -0.1) is 0 Å². The number of rotatable bonds is 21. The van der Waals surface area contributed by atoms with E-state index in [9.17, 15) is 19.2 Å². The molecule has 1 aliphatic rings. The number of ether oxygens (including phenoxy) is 2. The minimum Gasteiger partial charge on any atom is -0.467 e. The standard InChI is InChI=1S/C45H62N6O6.C2H6/c1-10-35-37(27-45(6,7)28-57-30-53)42(36-20-16-22-46-40(36)32(5)56-9)50(11-2)39(35)21-15-18-33-17-14-19-34(25-33)26-38(44(55)51-24-13-12-23-47-51)48-43(54)41(31(3)4)49(8)29-52;1-2/h10,14-17,19-22,25,29-32,38,41,47H,1,11-13,18,23-24,26-28H2,2-9H3,(H,48,54);1-2H3/b21-15-;. The second kappa shape index (κ2) is 23.5. The predicted molar refractivity (Wildman–Crippen MR) is 236 cm³/mol. The van der Waals surface area contributed by atoms with Crippen molar-refractivity contribution in [3.8, 4) is 11.3 Å². The molecule has 12 heteroatoms. The van der Waals surface area contributed by atoms with Crippen LogP contribution >= 0.6 is 0 Å². The minimum atomic E-state index is -0.825. The number of hydrogen-bond acceptors (Lipinski definition) is 8. The van der Waals surface area contributed by atoms with Gasteiger partial charge in [-0.1, -0.05) is 84.5 Å². The van der Waals surface area contributed by atoms with Gasteiger partial charge in [-0.05, 0) is 80.3 Å². The lowest BCUT2D eigenvalue weighted by atomic mass is 9.83. The maximum atomic E-state index is 13.9. The summed E-state index contributed by atoms with van der Waals surface area (Å²) in [6.45, 7) is 23.0. The van der Waals surface area contributed by atoms with Gasteiger partial charge in [0.15, 0.2) is 0 Å². The van der Waals surface area contributed by atoms with E-state index >= 15 is 0 Å². The van der Waals surface area contributed by atoms with Crippen LogP contribution in [-0.4, -0.2) is 90.1 Å².